The summed E-state index contributed by atoms with van der Waals surface area (Å²) in [6.07, 6.45) is 0. The normalized spacial score (nSPS) is 13.9. The Morgan fingerprint density at radius 1 is 0.455 bits per heavy atom. The van der Waals surface area contributed by atoms with Crippen molar-refractivity contribution in [1.29, 1.82) is 0 Å². The minimum Gasteiger partial charge on any atom is -1.00 e. The van der Waals surface area contributed by atoms with Gasteiger partial charge >= 0.3 is 51.4 Å². The molecule has 0 aromatic rings. The third kappa shape index (κ3) is 5.03. The number of nitrogens with one attached hydrogen (secondary N) is 1. The van der Waals surface area contributed by atoms with Crippen molar-refractivity contribution < 1.29 is 52.8 Å². The molecule has 4 heteroatoms. The molecule has 130 valence electrons. The summed E-state index contributed by atoms with van der Waals surface area (Å²) < 4.78 is 4.56. The predicted octanol–water partition coefficient (Wildman–Crippen LogP) is 4.04. The Morgan fingerprint density at radius 3 is 0.682 bits per heavy atom. The van der Waals surface area contributed by atoms with Crippen LogP contribution in [-0.2, 0) is 0 Å². The summed E-state index contributed by atoms with van der Waals surface area (Å²) in [5.41, 5.74) is 4.75. The molecular weight excluding hydrogens is 325 g/mol. The van der Waals surface area contributed by atoms with Crippen molar-refractivity contribution in [2.45, 2.75) is 116 Å². The molecule has 0 radical (unpaired) electrons. The molecule has 0 aliphatic rings. The van der Waals surface area contributed by atoms with Crippen LogP contribution in [0.3, 0.4) is 0 Å². The average molecular weight is 370 g/mol. The molecule has 0 heterocycles. The van der Waals surface area contributed by atoms with E-state index in [0.29, 0.717) is 0 Å². The quantitative estimate of drug-likeness (QED) is 0.637. The first-order valence-electron chi connectivity index (χ1n) is 9.16. The molecule has 0 spiro atoms. The second kappa shape index (κ2) is 10.2. The second-order valence-electron chi connectivity index (χ2n) is 8.92. The molecule has 0 aliphatic carbocycles. The van der Waals surface area contributed by atoms with Gasteiger partial charge in [0.2, 0.25) is 0 Å². The summed E-state index contributed by atoms with van der Waals surface area (Å²) in [4.78, 5) is 0. The fraction of sp³-hybridized carbons (Fsp3) is 1.00. The fourth-order valence-electron chi connectivity index (χ4n) is 5.24. The van der Waals surface area contributed by atoms with Gasteiger partial charge in [0.05, 0.1) is 0 Å². The topological polar surface area (TPSA) is 12.0 Å². The molecule has 0 aliphatic heterocycles. The molecular formula is C18H44KNSi2. The molecule has 0 bridgehead atoms. The van der Waals surface area contributed by atoms with Gasteiger partial charge in [0.15, 0.2) is 0 Å². The average Bonchev–Trinajstić information content (AvgIpc) is 2.26. The summed E-state index contributed by atoms with van der Waals surface area (Å²) in [7, 11) is -3.08. The zero-order chi connectivity index (χ0) is 17.2. The maximum atomic E-state index is 4.56. The van der Waals surface area contributed by atoms with Crippen molar-refractivity contribution in [3.8, 4) is 0 Å². The van der Waals surface area contributed by atoms with Gasteiger partial charge in [0.1, 0.15) is 16.5 Å². The van der Waals surface area contributed by atoms with Crippen LogP contribution in [0.15, 0.2) is 0 Å². The first-order chi connectivity index (χ1) is 9.37. The van der Waals surface area contributed by atoms with Crippen molar-refractivity contribution in [2.24, 2.45) is 0 Å². The maximum absolute atomic E-state index is 4.56. The third-order valence-corrected chi connectivity index (χ3v) is 21.1. The van der Waals surface area contributed by atoms with Crippen molar-refractivity contribution in [2.75, 3.05) is 0 Å². The van der Waals surface area contributed by atoms with E-state index in [0.717, 1.165) is 33.2 Å². The Bertz CT molecular complexity index is 245. The van der Waals surface area contributed by atoms with Crippen LogP contribution in [0.2, 0.25) is 33.2 Å². The Balaban J connectivity index is -0.00000200. The van der Waals surface area contributed by atoms with E-state index < -0.39 is 16.5 Å². The van der Waals surface area contributed by atoms with Gasteiger partial charge in [-0.2, -0.15) is 0 Å². The second-order valence-corrected chi connectivity index (χ2v) is 20.6. The molecule has 1 N–H and O–H groups in total. The van der Waals surface area contributed by atoms with Gasteiger partial charge in [0.25, 0.3) is 0 Å². The first kappa shape index (κ1) is 26.3. The van der Waals surface area contributed by atoms with Gasteiger partial charge in [-0.3, -0.25) is 0 Å². The fourth-order valence-corrected chi connectivity index (χ4v) is 23.2. The molecule has 0 saturated carbocycles. The Hall–Kier alpha value is 2.03. The van der Waals surface area contributed by atoms with Crippen LogP contribution in [0.5, 0.6) is 0 Å². The van der Waals surface area contributed by atoms with Gasteiger partial charge in [-0.25, -0.2) is 0 Å². The van der Waals surface area contributed by atoms with Crippen LogP contribution >= 0.6 is 0 Å². The van der Waals surface area contributed by atoms with E-state index in [2.05, 4.69) is 87.7 Å². The maximum Gasteiger partial charge on any atom is 1.00 e. The monoisotopic (exact) mass is 369 g/mol. The van der Waals surface area contributed by atoms with E-state index in [1.54, 1.807) is 0 Å². The summed E-state index contributed by atoms with van der Waals surface area (Å²) in [5, 5.41) is 0. The molecule has 0 fully saturated rings. The van der Waals surface area contributed by atoms with E-state index in [-0.39, 0.29) is 52.8 Å². The molecule has 0 unspecified atom stereocenters. The Labute approximate surface area is 188 Å². The summed E-state index contributed by atoms with van der Waals surface area (Å²) >= 11 is 0. The number of hydrogen-bond donors (Lipinski definition) is 1. The minimum atomic E-state index is -1.54. The van der Waals surface area contributed by atoms with Crippen LogP contribution in [0, 0.1) is 0 Å². The van der Waals surface area contributed by atoms with E-state index in [1.807, 2.05) is 0 Å². The molecule has 0 atom stereocenters. The zero-order valence-electron chi connectivity index (χ0n) is 19.0. The van der Waals surface area contributed by atoms with Crippen molar-refractivity contribution >= 4 is 16.5 Å². The van der Waals surface area contributed by atoms with Crippen molar-refractivity contribution in [1.82, 2.24) is 4.65 Å². The SMILES string of the molecule is CC(C)[Si](N[Si](C(C)C)(C(C)C)C(C)C)(C(C)C)C(C)C.[H-].[K+]. The summed E-state index contributed by atoms with van der Waals surface area (Å²) in [5.74, 6) is 0. The van der Waals surface area contributed by atoms with Crippen LogP contribution < -0.4 is 56.0 Å². The molecule has 1 nitrogen and oxygen atoms in total. The zero-order valence-corrected chi connectivity index (χ0v) is 23.1. The third-order valence-electron chi connectivity index (χ3n) is 6.17. The molecule has 0 rings (SSSR count). The van der Waals surface area contributed by atoms with Crippen LogP contribution in [0.1, 0.15) is 84.5 Å². The molecule has 0 aromatic heterocycles. The largest absolute Gasteiger partial charge is 1.00 e. The summed E-state index contributed by atoms with van der Waals surface area (Å²) in [6, 6.07) is 0. The Morgan fingerprint density at radius 2 is 0.591 bits per heavy atom. The van der Waals surface area contributed by atoms with Gasteiger partial charge in [-0.15, -0.1) is 0 Å². The van der Waals surface area contributed by atoms with E-state index in [9.17, 15) is 0 Å². The number of rotatable bonds is 8. The molecule has 0 amide bonds. The van der Waals surface area contributed by atoms with Gasteiger partial charge in [-0.1, -0.05) is 83.1 Å². The van der Waals surface area contributed by atoms with Gasteiger partial charge < -0.3 is 6.07 Å². The van der Waals surface area contributed by atoms with Gasteiger partial charge in [-0.05, 0) is 33.2 Å². The minimum absolute atomic E-state index is 0. The Kier molecular flexibility index (Phi) is 12.2. The smallest absolute Gasteiger partial charge is 1.00 e. The van der Waals surface area contributed by atoms with E-state index in [1.165, 1.54) is 0 Å². The predicted molar refractivity (Wildman–Crippen MR) is 106 cm³/mol. The van der Waals surface area contributed by atoms with E-state index in [4.69, 9.17) is 0 Å². The van der Waals surface area contributed by atoms with Crippen LogP contribution in [0.25, 0.3) is 0 Å². The van der Waals surface area contributed by atoms with Crippen LogP contribution in [0.4, 0.5) is 0 Å². The standard InChI is InChI=1S/C18H43NSi2.K.H/c1-13(2)20(14(3)4,15(5)6)19-21(16(7)8,17(9)10)18(11)12;;/h13-19H,1-12H3;;/q;+1;-1. The van der Waals surface area contributed by atoms with E-state index >= 15 is 0 Å². The van der Waals surface area contributed by atoms with Crippen LogP contribution in [-0.4, -0.2) is 16.5 Å². The molecule has 0 aromatic carbocycles. The first-order valence-corrected chi connectivity index (χ1v) is 13.6. The molecule has 0 saturated heterocycles. The van der Waals surface area contributed by atoms with Crippen molar-refractivity contribution in [3.05, 3.63) is 0 Å². The van der Waals surface area contributed by atoms with Gasteiger partial charge in [0, 0.05) is 0 Å². The number of hydrogen-bond acceptors (Lipinski definition) is 1. The molecule has 22 heavy (non-hydrogen) atoms. The van der Waals surface area contributed by atoms with Crippen molar-refractivity contribution in [3.63, 3.8) is 0 Å². The summed E-state index contributed by atoms with van der Waals surface area (Å²) in [6.45, 7) is 29.7.